The summed E-state index contributed by atoms with van der Waals surface area (Å²) in [6.45, 7) is 3.54. The number of rotatable bonds is 5. The van der Waals surface area contributed by atoms with Crippen molar-refractivity contribution < 1.29 is 14.1 Å². The number of anilines is 1. The molecule has 1 saturated heterocycles. The second-order valence-electron chi connectivity index (χ2n) is 6.72. The van der Waals surface area contributed by atoms with Crippen LogP contribution in [0.25, 0.3) is 0 Å². The number of carbonyl (C=O) groups excluding carboxylic acids is 1. The van der Waals surface area contributed by atoms with E-state index in [0.29, 0.717) is 36.3 Å². The number of aromatic nitrogens is 3. The SMILES string of the molecule is COCc1c(C(=O)N2CCC[C@@H](Cc3cnc(N)cn3)CC2)noc1C. The van der Waals surface area contributed by atoms with Crippen molar-refractivity contribution in [2.75, 3.05) is 25.9 Å². The molecular formula is C18H25N5O3. The number of carbonyl (C=O) groups is 1. The van der Waals surface area contributed by atoms with Crippen molar-refractivity contribution in [2.24, 2.45) is 5.92 Å². The Morgan fingerprint density at radius 2 is 2.19 bits per heavy atom. The second-order valence-corrected chi connectivity index (χ2v) is 6.72. The molecular weight excluding hydrogens is 334 g/mol. The number of nitrogens with two attached hydrogens (primary N) is 1. The molecule has 140 valence electrons. The first-order valence-electron chi connectivity index (χ1n) is 8.88. The topological polar surface area (TPSA) is 107 Å². The summed E-state index contributed by atoms with van der Waals surface area (Å²) in [4.78, 5) is 23.2. The van der Waals surface area contributed by atoms with Crippen molar-refractivity contribution in [3.8, 4) is 0 Å². The minimum absolute atomic E-state index is 0.0816. The zero-order chi connectivity index (χ0) is 18.5. The molecule has 1 aliphatic rings. The van der Waals surface area contributed by atoms with E-state index < -0.39 is 0 Å². The van der Waals surface area contributed by atoms with Gasteiger partial charge >= 0.3 is 0 Å². The van der Waals surface area contributed by atoms with E-state index in [9.17, 15) is 4.79 Å². The fourth-order valence-electron chi connectivity index (χ4n) is 3.36. The Morgan fingerprint density at radius 3 is 2.92 bits per heavy atom. The van der Waals surface area contributed by atoms with E-state index in [4.69, 9.17) is 15.0 Å². The van der Waals surface area contributed by atoms with Crippen molar-refractivity contribution in [3.63, 3.8) is 0 Å². The van der Waals surface area contributed by atoms with E-state index in [1.807, 2.05) is 4.90 Å². The summed E-state index contributed by atoms with van der Waals surface area (Å²) in [7, 11) is 1.59. The largest absolute Gasteiger partial charge is 0.382 e. The fraction of sp³-hybridized carbons (Fsp3) is 0.556. The van der Waals surface area contributed by atoms with Gasteiger partial charge in [-0.15, -0.1) is 0 Å². The lowest BCUT2D eigenvalue weighted by Crippen LogP contribution is -2.33. The van der Waals surface area contributed by atoms with Crippen LogP contribution >= 0.6 is 0 Å². The number of hydrogen-bond acceptors (Lipinski definition) is 7. The summed E-state index contributed by atoms with van der Waals surface area (Å²) < 4.78 is 10.4. The van der Waals surface area contributed by atoms with Crippen LogP contribution in [0.3, 0.4) is 0 Å². The average Bonchev–Trinajstić information content (AvgIpc) is 2.85. The van der Waals surface area contributed by atoms with Crippen LogP contribution in [0.4, 0.5) is 5.82 Å². The first kappa shape index (κ1) is 18.3. The van der Waals surface area contributed by atoms with Gasteiger partial charge in [0.1, 0.15) is 11.6 Å². The quantitative estimate of drug-likeness (QED) is 0.869. The fourth-order valence-corrected chi connectivity index (χ4v) is 3.36. The Morgan fingerprint density at radius 1 is 1.35 bits per heavy atom. The molecule has 26 heavy (non-hydrogen) atoms. The molecule has 0 bridgehead atoms. The van der Waals surface area contributed by atoms with Gasteiger partial charge in [-0.2, -0.15) is 0 Å². The number of methoxy groups -OCH3 is 1. The summed E-state index contributed by atoms with van der Waals surface area (Å²) in [6, 6.07) is 0. The molecule has 8 nitrogen and oxygen atoms in total. The molecule has 3 rings (SSSR count). The van der Waals surface area contributed by atoms with Gasteiger partial charge in [0.05, 0.1) is 30.3 Å². The van der Waals surface area contributed by atoms with Crippen molar-refractivity contribution in [1.82, 2.24) is 20.0 Å². The van der Waals surface area contributed by atoms with Crippen molar-refractivity contribution in [1.29, 1.82) is 0 Å². The van der Waals surface area contributed by atoms with Crippen LogP contribution in [-0.4, -0.2) is 46.1 Å². The zero-order valence-electron chi connectivity index (χ0n) is 15.3. The van der Waals surface area contributed by atoms with Gasteiger partial charge in [-0.3, -0.25) is 9.78 Å². The maximum atomic E-state index is 12.9. The highest BCUT2D eigenvalue weighted by molar-refractivity contribution is 5.93. The van der Waals surface area contributed by atoms with Crippen LogP contribution in [0, 0.1) is 12.8 Å². The van der Waals surface area contributed by atoms with E-state index in [1.54, 1.807) is 26.4 Å². The predicted molar refractivity (Wildman–Crippen MR) is 95.3 cm³/mol. The van der Waals surface area contributed by atoms with Crippen LogP contribution in [0.2, 0.25) is 0 Å². The van der Waals surface area contributed by atoms with Gasteiger partial charge in [-0.1, -0.05) is 5.16 Å². The zero-order valence-corrected chi connectivity index (χ0v) is 15.3. The molecule has 1 aliphatic heterocycles. The summed E-state index contributed by atoms with van der Waals surface area (Å²) in [5.41, 5.74) is 7.63. The van der Waals surface area contributed by atoms with Crippen LogP contribution in [-0.2, 0) is 17.8 Å². The molecule has 0 aromatic carbocycles. The van der Waals surface area contributed by atoms with Gasteiger partial charge in [-0.25, -0.2) is 4.98 Å². The number of ether oxygens (including phenoxy) is 1. The van der Waals surface area contributed by atoms with E-state index in [2.05, 4.69) is 15.1 Å². The van der Waals surface area contributed by atoms with Crippen molar-refractivity contribution >= 4 is 11.7 Å². The Balaban J connectivity index is 1.63. The molecule has 2 N–H and O–H groups in total. The first-order valence-corrected chi connectivity index (χ1v) is 8.88. The highest BCUT2D eigenvalue weighted by Crippen LogP contribution is 2.23. The van der Waals surface area contributed by atoms with Crippen LogP contribution in [0.5, 0.6) is 0 Å². The number of likely N-dealkylation sites (tertiary alicyclic amines) is 1. The van der Waals surface area contributed by atoms with Gasteiger partial charge in [0.15, 0.2) is 5.69 Å². The third-order valence-corrected chi connectivity index (χ3v) is 4.83. The molecule has 0 aliphatic carbocycles. The predicted octanol–water partition coefficient (Wildman–Crippen LogP) is 1.99. The molecule has 3 heterocycles. The summed E-state index contributed by atoms with van der Waals surface area (Å²) in [5.74, 6) is 1.45. The number of hydrogen-bond donors (Lipinski definition) is 1. The lowest BCUT2D eigenvalue weighted by molar-refractivity contribution is 0.0745. The third-order valence-electron chi connectivity index (χ3n) is 4.83. The van der Waals surface area contributed by atoms with Crippen LogP contribution in [0.1, 0.15) is 46.8 Å². The molecule has 0 saturated carbocycles. The summed E-state index contributed by atoms with van der Waals surface area (Å²) in [5, 5.41) is 3.96. The van der Waals surface area contributed by atoms with E-state index in [1.165, 1.54) is 0 Å². The standard InChI is InChI=1S/C18H25N5O3/c1-12-15(11-25-2)17(22-26-12)18(24)23-6-3-4-13(5-7-23)8-14-9-21-16(19)10-20-14/h9-10,13H,3-8,11H2,1-2H3,(H2,19,21)/t13-/m1/s1. The van der Waals surface area contributed by atoms with Gasteiger partial charge in [-0.05, 0) is 38.5 Å². The normalized spacial score (nSPS) is 17.9. The lowest BCUT2D eigenvalue weighted by atomic mass is 9.95. The second kappa shape index (κ2) is 8.27. The minimum atomic E-state index is -0.0816. The van der Waals surface area contributed by atoms with Crippen molar-refractivity contribution in [3.05, 3.63) is 35.1 Å². The van der Waals surface area contributed by atoms with E-state index >= 15 is 0 Å². The Hall–Kier alpha value is -2.48. The molecule has 1 atom stereocenters. The number of amides is 1. The molecule has 2 aromatic rings. The smallest absolute Gasteiger partial charge is 0.276 e. The van der Waals surface area contributed by atoms with Crippen LogP contribution in [0.15, 0.2) is 16.9 Å². The Labute approximate surface area is 152 Å². The molecule has 8 heteroatoms. The third kappa shape index (κ3) is 4.19. The molecule has 2 aromatic heterocycles. The lowest BCUT2D eigenvalue weighted by Gasteiger charge is -2.20. The molecule has 0 radical (unpaired) electrons. The van der Waals surface area contributed by atoms with E-state index in [0.717, 1.165) is 43.5 Å². The number of aryl methyl sites for hydroxylation is 1. The Bertz CT molecular complexity index is 744. The van der Waals surface area contributed by atoms with Crippen LogP contribution < -0.4 is 5.73 Å². The maximum absolute atomic E-state index is 12.9. The average molecular weight is 359 g/mol. The van der Waals surface area contributed by atoms with Crippen molar-refractivity contribution in [2.45, 2.75) is 39.2 Å². The Kier molecular flexibility index (Phi) is 5.82. The molecule has 0 unspecified atom stereocenters. The summed E-state index contributed by atoms with van der Waals surface area (Å²) >= 11 is 0. The monoisotopic (exact) mass is 359 g/mol. The summed E-state index contributed by atoms with van der Waals surface area (Å²) in [6.07, 6.45) is 7.11. The molecule has 0 spiro atoms. The van der Waals surface area contributed by atoms with Gasteiger partial charge < -0.3 is 19.9 Å². The molecule has 1 fully saturated rings. The maximum Gasteiger partial charge on any atom is 0.276 e. The highest BCUT2D eigenvalue weighted by atomic mass is 16.5. The van der Waals surface area contributed by atoms with Gasteiger partial charge in [0.25, 0.3) is 5.91 Å². The minimum Gasteiger partial charge on any atom is -0.382 e. The van der Waals surface area contributed by atoms with E-state index in [-0.39, 0.29) is 5.91 Å². The number of nitrogens with zero attached hydrogens (tertiary/aromatic N) is 4. The highest BCUT2D eigenvalue weighted by Gasteiger charge is 2.27. The number of nitrogen functional groups attached to an aromatic ring is 1. The molecule has 1 amide bonds. The van der Waals surface area contributed by atoms with Gasteiger partial charge in [0.2, 0.25) is 0 Å². The first-order chi connectivity index (χ1) is 12.6. The van der Waals surface area contributed by atoms with Gasteiger partial charge in [0, 0.05) is 20.2 Å².